The lowest BCUT2D eigenvalue weighted by Crippen LogP contribution is -2.57. The van der Waals surface area contributed by atoms with E-state index in [2.05, 4.69) is 5.32 Å². The zero-order valence-corrected chi connectivity index (χ0v) is 15.2. The summed E-state index contributed by atoms with van der Waals surface area (Å²) in [5, 5.41) is 3.26. The monoisotopic (exact) mass is 351 g/mol. The lowest BCUT2D eigenvalue weighted by atomic mass is 9.60. The number of hydrogen-bond acceptors (Lipinski definition) is 3. The van der Waals surface area contributed by atoms with Gasteiger partial charge in [0, 0.05) is 24.8 Å². The summed E-state index contributed by atoms with van der Waals surface area (Å²) in [6.45, 7) is 1.64. The molecule has 4 nitrogen and oxygen atoms in total. The van der Waals surface area contributed by atoms with Crippen LogP contribution in [0.5, 0.6) is 5.75 Å². The summed E-state index contributed by atoms with van der Waals surface area (Å²) in [5.74, 6) is 0.855. The van der Waals surface area contributed by atoms with Crippen LogP contribution in [0.15, 0.2) is 48.5 Å². The Morgan fingerprint density at radius 2 is 1.85 bits per heavy atom. The van der Waals surface area contributed by atoms with Crippen LogP contribution in [0.1, 0.15) is 36.0 Å². The molecule has 1 saturated carbocycles. The van der Waals surface area contributed by atoms with E-state index in [0.29, 0.717) is 5.56 Å². The van der Waals surface area contributed by atoms with Crippen LogP contribution in [-0.4, -0.2) is 32.3 Å². The third kappa shape index (κ3) is 3.21. The van der Waals surface area contributed by atoms with Gasteiger partial charge in [0.2, 0.25) is 0 Å². The van der Waals surface area contributed by atoms with Crippen LogP contribution in [0.2, 0.25) is 0 Å². The van der Waals surface area contributed by atoms with Gasteiger partial charge in [0.1, 0.15) is 5.75 Å². The first kappa shape index (κ1) is 17.1. The van der Waals surface area contributed by atoms with Crippen molar-refractivity contribution in [3.63, 3.8) is 0 Å². The summed E-state index contributed by atoms with van der Waals surface area (Å²) >= 11 is 0. The molecule has 0 radical (unpaired) electrons. The smallest absolute Gasteiger partial charge is 0.251 e. The Hall–Kier alpha value is -2.33. The molecule has 1 heterocycles. The molecule has 1 saturated heterocycles. The van der Waals surface area contributed by atoms with Gasteiger partial charge in [-0.2, -0.15) is 0 Å². The molecule has 2 fully saturated rings. The highest BCUT2D eigenvalue weighted by Gasteiger charge is 2.47. The summed E-state index contributed by atoms with van der Waals surface area (Å²) < 4.78 is 10.8. The summed E-state index contributed by atoms with van der Waals surface area (Å²) in [5.41, 5.74) is 3.14. The van der Waals surface area contributed by atoms with Crippen LogP contribution in [0.3, 0.4) is 0 Å². The highest BCUT2D eigenvalue weighted by Crippen LogP contribution is 2.48. The molecule has 136 valence electrons. The van der Waals surface area contributed by atoms with Crippen LogP contribution < -0.4 is 10.1 Å². The van der Waals surface area contributed by atoms with E-state index >= 15 is 0 Å². The number of benzene rings is 2. The van der Waals surface area contributed by atoms with E-state index in [-0.39, 0.29) is 17.4 Å². The number of ether oxygens (including phenoxy) is 2. The minimum atomic E-state index is 0.0257. The lowest BCUT2D eigenvalue weighted by Gasteiger charge is -2.52. The molecule has 2 aromatic rings. The van der Waals surface area contributed by atoms with E-state index in [1.54, 1.807) is 7.11 Å². The fraction of sp³-hybridized carbons (Fsp3) is 0.409. The third-order valence-electron chi connectivity index (χ3n) is 6.01. The molecule has 2 aliphatic rings. The molecule has 1 spiro atoms. The van der Waals surface area contributed by atoms with Crippen molar-refractivity contribution in [2.45, 2.75) is 31.7 Å². The van der Waals surface area contributed by atoms with Gasteiger partial charge in [0.05, 0.1) is 7.11 Å². The number of carbonyl (C=O) groups excluding carboxylic acids is 1. The molecule has 1 atom stereocenters. The number of methoxy groups -OCH3 is 1. The van der Waals surface area contributed by atoms with E-state index in [1.807, 2.05) is 48.5 Å². The maximum absolute atomic E-state index is 12.7. The van der Waals surface area contributed by atoms with E-state index in [4.69, 9.17) is 9.47 Å². The van der Waals surface area contributed by atoms with Gasteiger partial charge in [-0.3, -0.25) is 4.79 Å². The summed E-state index contributed by atoms with van der Waals surface area (Å²) in [7, 11) is 1.66. The van der Waals surface area contributed by atoms with Crippen LogP contribution in [0.4, 0.5) is 0 Å². The molecular formula is C22H25NO3. The van der Waals surface area contributed by atoms with Crippen molar-refractivity contribution in [3.05, 3.63) is 54.1 Å². The quantitative estimate of drug-likeness (QED) is 0.904. The first-order chi connectivity index (χ1) is 12.7. The average Bonchev–Trinajstić information content (AvgIpc) is 2.72. The van der Waals surface area contributed by atoms with Gasteiger partial charge in [-0.25, -0.2) is 0 Å². The Morgan fingerprint density at radius 1 is 1.08 bits per heavy atom. The molecule has 1 aliphatic carbocycles. The Labute approximate surface area is 154 Å². The molecule has 1 aliphatic heterocycles. The number of carbonyl (C=O) groups is 1. The molecule has 1 amide bonds. The van der Waals surface area contributed by atoms with Crippen LogP contribution in [0, 0.1) is 5.41 Å². The van der Waals surface area contributed by atoms with Gasteiger partial charge in [0.15, 0.2) is 0 Å². The molecule has 2 aromatic carbocycles. The van der Waals surface area contributed by atoms with Crippen molar-refractivity contribution < 1.29 is 14.3 Å². The van der Waals surface area contributed by atoms with E-state index in [0.717, 1.165) is 49.4 Å². The topological polar surface area (TPSA) is 47.6 Å². The molecule has 1 N–H and O–H groups in total. The molecule has 0 aromatic heterocycles. The highest BCUT2D eigenvalue weighted by molar-refractivity contribution is 5.95. The van der Waals surface area contributed by atoms with Crippen molar-refractivity contribution in [1.82, 2.24) is 5.32 Å². The Bertz CT molecular complexity index is 778. The Balaban J connectivity index is 1.44. The normalized spacial score (nSPS) is 21.0. The molecule has 26 heavy (non-hydrogen) atoms. The first-order valence-corrected chi connectivity index (χ1v) is 9.33. The SMILES string of the molecule is COc1cccc(-c2ccc(C(=O)NC3CCC34CCOCC4)cc2)c1. The van der Waals surface area contributed by atoms with Gasteiger partial charge in [-0.15, -0.1) is 0 Å². The zero-order chi connectivity index (χ0) is 18.0. The number of hydrogen-bond donors (Lipinski definition) is 1. The predicted molar refractivity (Wildman–Crippen MR) is 101 cm³/mol. The largest absolute Gasteiger partial charge is 0.497 e. The average molecular weight is 351 g/mol. The molecule has 4 heteroatoms. The third-order valence-corrected chi connectivity index (χ3v) is 6.01. The van der Waals surface area contributed by atoms with Crippen LogP contribution in [-0.2, 0) is 4.74 Å². The van der Waals surface area contributed by atoms with Gasteiger partial charge in [0.25, 0.3) is 5.91 Å². The Morgan fingerprint density at radius 3 is 2.50 bits per heavy atom. The first-order valence-electron chi connectivity index (χ1n) is 9.33. The second-order valence-electron chi connectivity index (χ2n) is 7.35. The molecule has 4 rings (SSSR count). The summed E-state index contributed by atoms with van der Waals surface area (Å²) in [6, 6.07) is 16.0. The van der Waals surface area contributed by atoms with Crippen LogP contribution >= 0.6 is 0 Å². The minimum Gasteiger partial charge on any atom is -0.497 e. The van der Waals surface area contributed by atoms with E-state index < -0.39 is 0 Å². The second-order valence-corrected chi connectivity index (χ2v) is 7.35. The minimum absolute atomic E-state index is 0.0257. The van der Waals surface area contributed by atoms with Crippen LogP contribution in [0.25, 0.3) is 11.1 Å². The number of nitrogens with one attached hydrogen (secondary N) is 1. The summed E-state index contributed by atoms with van der Waals surface area (Å²) in [4.78, 5) is 12.7. The maximum Gasteiger partial charge on any atom is 0.251 e. The summed E-state index contributed by atoms with van der Waals surface area (Å²) in [6.07, 6.45) is 4.41. The van der Waals surface area contributed by atoms with Crippen molar-refractivity contribution in [2.24, 2.45) is 5.41 Å². The van der Waals surface area contributed by atoms with Gasteiger partial charge >= 0.3 is 0 Å². The maximum atomic E-state index is 12.7. The number of rotatable bonds is 4. The zero-order valence-electron chi connectivity index (χ0n) is 15.2. The molecule has 1 unspecified atom stereocenters. The van der Waals surface area contributed by atoms with Crippen molar-refractivity contribution >= 4 is 5.91 Å². The van der Waals surface area contributed by atoms with E-state index in [1.165, 1.54) is 6.42 Å². The Kier molecular flexibility index (Phi) is 4.68. The van der Waals surface area contributed by atoms with Gasteiger partial charge < -0.3 is 14.8 Å². The van der Waals surface area contributed by atoms with Crippen molar-refractivity contribution in [2.75, 3.05) is 20.3 Å². The molecular weight excluding hydrogens is 326 g/mol. The predicted octanol–water partition coefficient (Wildman–Crippen LogP) is 4.05. The van der Waals surface area contributed by atoms with Crippen molar-refractivity contribution in [3.8, 4) is 16.9 Å². The fourth-order valence-electron chi connectivity index (χ4n) is 4.16. The fourth-order valence-corrected chi connectivity index (χ4v) is 4.16. The highest BCUT2D eigenvalue weighted by atomic mass is 16.5. The van der Waals surface area contributed by atoms with Gasteiger partial charge in [-0.1, -0.05) is 24.3 Å². The second kappa shape index (κ2) is 7.12. The lowest BCUT2D eigenvalue weighted by molar-refractivity contribution is -0.0523. The van der Waals surface area contributed by atoms with Gasteiger partial charge in [-0.05, 0) is 66.5 Å². The van der Waals surface area contributed by atoms with Crippen molar-refractivity contribution in [1.29, 1.82) is 0 Å². The molecule has 0 bridgehead atoms. The van der Waals surface area contributed by atoms with E-state index in [9.17, 15) is 4.79 Å². The number of amides is 1. The standard InChI is InChI=1S/C22H25NO3/c1-25-19-4-2-3-18(15-19)16-5-7-17(8-6-16)21(24)23-20-9-10-22(20)11-13-26-14-12-22/h2-8,15,20H,9-14H2,1H3,(H,23,24).